The summed E-state index contributed by atoms with van der Waals surface area (Å²) in [6, 6.07) is 0. The van der Waals surface area contributed by atoms with Crippen LogP contribution in [0.1, 0.15) is 72.1 Å². The second kappa shape index (κ2) is 10.4. The first-order chi connectivity index (χ1) is 7.68. The van der Waals surface area contributed by atoms with Crippen LogP contribution < -0.4 is 5.32 Å². The Bertz CT molecular complexity index is 150. The van der Waals surface area contributed by atoms with Gasteiger partial charge >= 0.3 is 0 Å². The molecule has 16 heavy (non-hydrogen) atoms. The fourth-order valence-corrected chi connectivity index (χ4v) is 2.31. The summed E-state index contributed by atoms with van der Waals surface area (Å²) in [4.78, 5) is 0. The third kappa shape index (κ3) is 8.41. The monoisotopic (exact) mass is 247 g/mol. The van der Waals surface area contributed by atoms with Crippen molar-refractivity contribution in [1.29, 1.82) is 0 Å². The smallest absolute Gasteiger partial charge is 0.0240 e. The summed E-state index contributed by atoms with van der Waals surface area (Å²) in [5.74, 6) is 0.758. The van der Waals surface area contributed by atoms with Gasteiger partial charge in [-0.1, -0.05) is 46.0 Å². The Hall–Kier alpha value is 0.250. The highest BCUT2D eigenvalue weighted by Crippen LogP contribution is 2.15. The Labute approximate surface area is 107 Å². The minimum absolute atomic E-state index is 0.255. The molecule has 1 N–H and O–H groups in total. The number of nitrogens with one attached hydrogen (secondary N) is 1. The lowest BCUT2D eigenvalue weighted by molar-refractivity contribution is 0.329. The van der Waals surface area contributed by atoms with Crippen LogP contribution >= 0.6 is 11.6 Å². The summed E-state index contributed by atoms with van der Waals surface area (Å²) in [7, 11) is 0. The van der Waals surface area contributed by atoms with Crippen LogP contribution in [-0.2, 0) is 0 Å². The van der Waals surface area contributed by atoms with Gasteiger partial charge in [-0.3, -0.25) is 0 Å². The third-order valence-electron chi connectivity index (χ3n) is 3.51. The third-order valence-corrected chi connectivity index (χ3v) is 3.70. The lowest BCUT2D eigenvalue weighted by Crippen LogP contribution is -2.42. The zero-order valence-corrected chi connectivity index (χ0v) is 12.2. The number of halogens is 1. The van der Waals surface area contributed by atoms with Crippen LogP contribution in [0, 0.1) is 0 Å². The van der Waals surface area contributed by atoms with Gasteiger partial charge in [0, 0.05) is 11.4 Å². The molecule has 0 aliphatic carbocycles. The standard InChI is InChI=1S/C14H30ClN/c1-4-6-7-8-9-10-13-16-14(3,5-2)11-12-15/h16H,4-13H2,1-3H3. The molecule has 0 amide bonds. The Kier molecular flexibility index (Phi) is 10.6. The van der Waals surface area contributed by atoms with Crippen molar-refractivity contribution < 1.29 is 0 Å². The average molecular weight is 248 g/mol. The molecule has 2 heteroatoms. The Morgan fingerprint density at radius 3 is 2.19 bits per heavy atom. The summed E-state index contributed by atoms with van der Waals surface area (Å²) in [6.07, 6.45) is 10.4. The van der Waals surface area contributed by atoms with E-state index in [0.717, 1.165) is 25.3 Å². The van der Waals surface area contributed by atoms with Crippen molar-refractivity contribution in [2.24, 2.45) is 0 Å². The first-order valence-electron chi connectivity index (χ1n) is 6.99. The molecule has 0 radical (unpaired) electrons. The minimum atomic E-state index is 0.255. The molecule has 98 valence electrons. The molecule has 0 heterocycles. The molecule has 1 nitrogen and oxygen atoms in total. The molecule has 0 aromatic heterocycles. The van der Waals surface area contributed by atoms with E-state index >= 15 is 0 Å². The molecule has 0 aliphatic heterocycles. The lowest BCUT2D eigenvalue weighted by Gasteiger charge is -2.29. The maximum atomic E-state index is 5.82. The van der Waals surface area contributed by atoms with Gasteiger partial charge in [0.1, 0.15) is 0 Å². The summed E-state index contributed by atoms with van der Waals surface area (Å²) in [6.45, 7) is 7.93. The van der Waals surface area contributed by atoms with E-state index in [-0.39, 0.29) is 5.54 Å². The largest absolute Gasteiger partial charge is 0.311 e. The molecule has 0 aromatic rings. The number of unbranched alkanes of at least 4 members (excludes halogenated alkanes) is 5. The van der Waals surface area contributed by atoms with E-state index in [1.54, 1.807) is 0 Å². The van der Waals surface area contributed by atoms with E-state index in [1.165, 1.54) is 38.5 Å². The number of rotatable bonds is 11. The molecule has 0 fully saturated rings. The molecule has 0 aromatic carbocycles. The fraction of sp³-hybridized carbons (Fsp3) is 1.00. The van der Waals surface area contributed by atoms with Crippen LogP contribution in [0.5, 0.6) is 0 Å². The molecule has 0 bridgehead atoms. The highest BCUT2D eigenvalue weighted by molar-refractivity contribution is 6.17. The van der Waals surface area contributed by atoms with E-state index in [1.807, 2.05) is 0 Å². The first-order valence-corrected chi connectivity index (χ1v) is 7.53. The van der Waals surface area contributed by atoms with Gasteiger partial charge in [-0.05, 0) is 32.7 Å². The Balaban J connectivity index is 3.41. The van der Waals surface area contributed by atoms with E-state index in [0.29, 0.717) is 0 Å². The molecule has 0 saturated carbocycles. The Morgan fingerprint density at radius 1 is 1.00 bits per heavy atom. The normalized spacial score (nSPS) is 15.0. The van der Waals surface area contributed by atoms with E-state index < -0.39 is 0 Å². The number of alkyl halides is 1. The maximum Gasteiger partial charge on any atom is 0.0240 e. The second-order valence-electron chi connectivity index (χ2n) is 5.05. The van der Waals surface area contributed by atoms with Crippen molar-refractivity contribution in [2.75, 3.05) is 12.4 Å². The van der Waals surface area contributed by atoms with Gasteiger partial charge in [-0.2, -0.15) is 0 Å². The van der Waals surface area contributed by atoms with Crippen LogP contribution in [0.4, 0.5) is 0 Å². The van der Waals surface area contributed by atoms with Crippen molar-refractivity contribution in [2.45, 2.75) is 77.7 Å². The molecule has 1 atom stereocenters. The van der Waals surface area contributed by atoms with Crippen LogP contribution in [0.3, 0.4) is 0 Å². The van der Waals surface area contributed by atoms with Gasteiger partial charge in [-0.15, -0.1) is 11.6 Å². The summed E-state index contributed by atoms with van der Waals surface area (Å²) < 4.78 is 0. The SMILES string of the molecule is CCCCCCCCNC(C)(CC)CCCl. The van der Waals surface area contributed by atoms with Crippen molar-refractivity contribution in [3.8, 4) is 0 Å². The molecule has 0 spiro atoms. The van der Waals surface area contributed by atoms with Crippen LogP contribution in [-0.4, -0.2) is 18.0 Å². The highest BCUT2D eigenvalue weighted by atomic mass is 35.5. The van der Waals surface area contributed by atoms with Gasteiger partial charge < -0.3 is 5.32 Å². The van der Waals surface area contributed by atoms with Gasteiger partial charge in [0.25, 0.3) is 0 Å². The fourth-order valence-electron chi connectivity index (χ4n) is 1.89. The van der Waals surface area contributed by atoms with Crippen molar-refractivity contribution in [3.63, 3.8) is 0 Å². The lowest BCUT2D eigenvalue weighted by atomic mass is 9.95. The van der Waals surface area contributed by atoms with Crippen LogP contribution in [0.2, 0.25) is 0 Å². The predicted molar refractivity (Wildman–Crippen MR) is 75.4 cm³/mol. The van der Waals surface area contributed by atoms with Gasteiger partial charge in [-0.25, -0.2) is 0 Å². The van der Waals surface area contributed by atoms with Crippen molar-refractivity contribution in [1.82, 2.24) is 5.32 Å². The molecule has 0 rings (SSSR count). The molecular formula is C14H30ClN. The van der Waals surface area contributed by atoms with Crippen LogP contribution in [0.15, 0.2) is 0 Å². The average Bonchev–Trinajstić information content (AvgIpc) is 2.28. The molecular weight excluding hydrogens is 218 g/mol. The first kappa shape index (κ1) is 16.2. The summed E-state index contributed by atoms with van der Waals surface area (Å²) >= 11 is 5.82. The van der Waals surface area contributed by atoms with Gasteiger partial charge in [0.05, 0.1) is 0 Å². The predicted octanol–water partition coefficient (Wildman–Crippen LogP) is 4.73. The zero-order valence-electron chi connectivity index (χ0n) is 11.4. The zero-order chi connectivity index (χ0) is 12.3. The van der Waals surface area contributed by atoms with E-state index in [4.69, 9.17) is 11.6 Å². The topological polar surface area (TPSA) is 12.0 Å². The van der Waals surface area contributed by atoms with Crippen LogP contribution in [0.25, 0.3) is 0 Å². The van der Waals surface area contributed by atoms with Crippen molar-refractivity contribution >= 4 is 11.6 Å². The molecule has 1 unspecified atom stereocenters. The van der Waals surface area contributed by atoms with Gasteiger partial charge in [0.2, 0.25) is 0 Å². The minimum Gasteiger partial charge on any atom is -0.311 e. The summed E-state index contributed by atoms with van der Waals surface area (Å²) in [5.41, 5.74) is 0.255. The second-order valence-corrected chi connectivity index (χ2v) is 5.43. The quantitative estimate of drug-likeness (QED) is 0.411. The highest BCUT2D eigenvalue weighted by Gasteiger charge is 2.19. The number of hydrogen-bond acceptors (Lipinski definition) is 1. The Morgan fingerprint density at radius 2 is 1.62 bits per heavy atom. The van der Waals surface area contributed by atoms with Gasteiger partial charge in [0.15, 0.2) is 0 Å². The maximum absolute atomic E-state index is 5.82. The molecule has 0 aliphatic rings. The molecule has 0 saturated heterocycles. The van der Waals surface area contributed by atoms with Crippen molar-refractivity contribution in [3.05, 3.63) is 0 Å². The van der Waals surface area contributed by atoms with E-state index in [9.17, 15) is 0 Å². The van der Waals surface area contributed by atoms with E-state index in [2.05, 4.69) is 26.1 Å². The number of hydrogen-bond donors (Lipinski definition) is 1. The summed E-state index contributed by atoms with van der Waals surface area (Å²) in [5, 5.41) is 3.65.